The highest BCUT2D eigenvalue weighted by Gasteiger charge is 2.23. The minimum absolute atomic E-state index is 0.0964. The van der Waals surface area contributed by atoms with Crippen molar-refractivity contribution in [3.63, 3.8) is 0 Å². The molecule has 0 aliphatic carbocycles. The van der Waals surface area contributed by atoms with Gasteiger partial charge in [-0.3, -0.25) is 25.0 Å². The van der Waals surface area contributed by atoms with Crippen LogP contribution in [0.2, 0.25) is 0 Å². The first-order valence-corrected chi connectivity index (χ1v) is 6.62. The fourth-order valence-corrected chi connectivity index (χ4v) is 2.23. The van der Waals surface area contributed by atoms with E-state index in [9.17, 15) is 25.0 Å². The van der Waals surface area contributed by atoms with E-state index < -0.39 is 15.8 Å². The second-order valence-electron chi connectivity index (χ2n) is 4.89. The van der Waals surface area contributed by atoms with Crippen molar-refractivity contribution in [3.05, 3.63) is 73.3 Å². The number of amides is 1. The fraction of sp³-hybridized carbons (Fsp3) is 0.133. The van der Waals surface area contributed by atoms with Gasteiger partial charge in [0.2, 0.25) is 0 Å². The summed E-state index contributed by atoms with van der Waals surface area (Å²) in [6, 6.07) is 8.67. The first-order chi connectivity index (χ1) is 10.8. The van der Waals surface area contributed by atoms with Gasteiger partial charge in [0, 0.05) is 11.6 Å². The van der Waals surface area contributed by atoms with Crippen LogP contribution in [0.5, 0.6) is 0 Å². The highest BCUT2D eigenvalue weighted by atomic mass is 16.6. The van der Waals surface area contributed by atoms with Crippen molar-refractivity contribution in [2.45, 2.75) is 13.8 Å². The molecular formula is C15H13N3O5. The molecule has 23 heavy (non-hydrogen) atoms. The quantitative estimate of drug-likeness (QED) is 0.686. The largest absolute Gasteiger partial charge is 0.321 e. The second-order valence-corrected chi connectivity index (χ2v) is 4.89. The molecule has 0 aliphatic rings. The van der Waals surface area contributed by atoms with Crippen molar-refractivity contribution in [2.24, 2.45) is 0 Å². The number of nitro benzene ring substituents is 2. The van der Waals surface area contributed by atoms with Gasteiger partial charge in [-0.05, 0) is 26.0 Å². The summed E-state index contributed by atoms with van der Waals surface area (Å²) in [5.41, 5.74) is 0.357. The van der Waals surface area contributed by atoms with E-state index in [1.165, 1.54) is 50.2 Å². The van der Waals surface area contributed by atoms with Crippen LogP contribution in [0.3, 0.4) is 0 Å². The van der Waals surface area contributed by atoms with E-state index in [2.05, 4.69) is 5.32 Å². The Morgan fingerprint density at radius 2 is 1.65 bits per heavy atom. The Morgan fingerprint density at radius 3 is 2.26 bits per heavy atom. The Hall–Kier alpha value is -3.29. The fourth-order valence-electron chi connectivity index (χ4n) is 2.23. The van der Waals surface area contributed by atoms with E-state index >= 15 is 0 Å². The van der Waals surface area contributed by atoms with Crippen molar-refractivity contribution in [1.82, 2.24) is 0 Å². The third-order valence-corrected chi connectivity index (χ3v) is 3.42. The number of rotatable bonds is 4. The van der Waals surface area contributed by atoms with Gasteiger partial charge in [0.25, 0.3) is 17.3 Å². The number of hydrogen-bond acceptors (Lipinski definition) is 5. The molecule has 0 saturated heterocycles. The SMILES string of the molecule is Cc1cccc(C(=O)Nc2cccc([N+](=O)[O-])c2C)c1[N+](=O)[O-]. The number of aryl methyl sites for hydroxylation is 1. The first kappa shape index (κ1) is 16.1. The molecule has 2 rings (SSSR count). The average molecular weight is 315 g/mol. The van der Waals surface area contributed by atoms with Gasteiger partial charge in [-0.25, -0.2) is 0 Å². The Kier molecular flexibility index (Phi) is 4.35. The number of nitrogens with zero attached hydrogens (tertiary/aromatic N) is 2. The van der Waals surface area contributed by atoms with Crippen LogP contribution in [0.1, 0.15) is 21.5 Å². The van der Waals surface area contributed by atoms with Crippen molar-refractivity contribution < 1.29 is 14.6 Å². The van der Waals surface area contributed by atoms with E-state index in [1.54, 1.807) is 0 Å². The topological polar surface area (TPSA) is 115 Å². The van der Waals surface area contributed by atoms with Crippen molar-refractivity contribution in [2.75, 3.05) is 5.32 Å². The number of carbonyl (C=O) groups is 1. The van der Waals surface area contributed by atoms with E-state index in [-0.39, 0.29) is 28.2 Å². The maximum absolute atomic E-state index is 12.3. The molecule has 8 heteroatoms. The Balaban J connectivity index is 2.42. The molecule has 2 aromatic rings. The Morgan fingerprint density at radius 1 is 1.00 bits per heavy atom. The lowest BCUT2D eigenvalue weighted by Gasteiger charge is -2.09. The minimum atomic E-state index is -0.691. The zero-order valence-corrected chi connectivity index (χ0v) is 12.4. The molecule has 0 aromatic heterocycles. The molecule has 118 valence electrons. The van der Waals surface area contributed by atoms with Crippen LogP contribution in [0.15, 0.2) is 36.4 Å². The zero-order chi connectivity index (χ0) is 17.1. The number of anilines is 1. The molecule has 2 aromatic carbocycles. The van der Waals surface area contributed by atoms with Gasteiger partial charge in [0.1, 0.15) is 5.56 Å². The predicted molar refractivity (Wildman–Crippen MR) is 83.6 cm³/mol. The smallest absolute Gasteiger partial charge is 0.285 e. The predicted octanol–water partition coefficient (Wildman–Crippen LogP) is 3.37. The minimum Gasteiger partial charge on any atom is -0.321 e. The van der Waals surface area contributed by atoms with E-state index in [0.717, 1.165) is 0 Å². The molecule has 0 spiro atoms. The van der Waals surface area contributed by atoms with Crippen LogP contribution in [0.4, 0.5) is 17.1 Å². The number of hydrogen-bond donors (Lipinski definition) is 1. The zero-order valence-electron chi connectivity index (χ0n) is 12.4. The van der Waals surface area contributed by atoms with Gasteiger partial charge in [0.15, 0.2) is 0 Å². The highest BCUT2D eigenvalue weighted by molar-refractivity contribution is 6.07. The molecule has 0 atom stereocenters. The molecule has 0 aliphatic heterocycles. The third-order valence-electron chi connectivity index (χ3n) is 3.42. The van der Waals surface area contributed by atoms with Gasteiger partial charge in [0.05, 0.1) is 21.1 Å². The average Bonchev–Trinajstić information content (AvgIpc) is 2.48. The Bertz CT molecular complexity index is 817. The summed E-state index contributed by atoms with van der Waals surface area (Å²) in [6.45, 7) is 3.03. The van der Waals surface area contributed by atoms with Crippen molar-refractivity contribution in [1.29, 1.82) is 0 Å². The summed E-state index contributed by atoms with van der Waals surface area (Å²) in [5, 5.41) is 24.6. The lowest BCUT2D eigenvalue weighted by Crippen LogP contribution is -2.15. The molecule has 0 bridgehead atoms. The molecule has 1 N–H and O–H groups in total. The maximum atomic E-state index is 12.3. The van der Waals surface area contributed by atoms with Crippen LogP contribution in [0, 0.1) is 34.1 Å². The van der Waals surface area contributed by atoms with Crippen LogP contribution >= 0.6 is 0 Å². The second kappa shape index (κ2) is 6.22. The monoisotopic (exact) mass is 315 g/mol. The van der Waals surface area contributed by atoms with Crippen LogP contribution in [-0.2, 0) is 0 Å². The first-order valence-electron chi connectivity index (χ1n) is 6.62. The molecule has 0 fully saturated rings. The molecular weight excluding hydrogens is 302 g/mol. The van der Waals surface area contributed by atoms with Gasteiger partial charge in [-0.15, -0.1) is 0 Å². The van der Waals surface area contributed by atoms with E-state index in [0.29, 0.717) is 5.56 Å². The summed E-state index contributed by atoms with van der Waals surface area (Å²) in [5.74, 6) is -0.691. The molecule has 0 unspecified atom stereocenters. The highest BCUT2D eigenvalue weighted by Crippen LogP contribution is 2.28. The van der Waals surface area contributed by atoms with Crippen LogP contribution in [-0.4, -0.2) is 15.8 Å². The van der Waals surface area contributed by atoms with Crippen LogP contribution in [0.25, 0.3) is 0 Å². The number of carbonyl (C=O) groups excluding carboxylic acids is 1. The van der Waals surface area contributed by atoms with Crippen molar-refractivity contribution in [3.8, 4) is 0 Å². The standard InChI is InChI=1S/C15H13N3O5/c1-9-5-3-6-11(14(9)18(22)23)15(19)16-12-7-4-8-13(10(12)2)17(20)21/h3-8H,1-2H3,(H,16,19). The number of nitrogens with one attached hydrogen (secondary N) is 1. The van der Waals surface area contributed by atoms with Gasteiger partial charge >= 0.3 is 0 Å². The lowest BCUT2D eigenvalue weighted by atomic mass is 10.1. The summed E-state index contributed by atoms with van der Waals surface area (Å²) >= 11 is 0. The third kappa shape index (κ3) is 3.15. The number of nitro groups is 2. The summed E-state index contributed by atoms with van der Waals surface area (Å²) < 4.78 is 0. The molecule has 8 nitrogen and oxygen atoms in total. The maximum Gasteiger partial charge on any atom is 0.285 e. The molecule has 0 radical (unpaired) electrons. The number of benzene rings is 2. The summed E-state index contributed by atoms with van der Waals surface area (Å²) in [4.78, 5) is 33.2. The summed E-state index contributed by atoms with van der Waals surface area (Å²) in [7, 11) is 0. The van der Waals surface area contributed by atoms with Gasteiger partial charge in [-0.1, -0.05) is 18.2 Å². The molecule has 0 heterocycles. The van der Waals surface area contributed by atoms with Crippen LogP contribution < -0.4 is 5.32 Å². The number of para-hydroxylation sites is 1. The molecule has 1 amide bonds. The Labute approximate surface area is 131 Å². The normalized spacial score (nSPS) is 10.2. The van der Waals surface area contributed by atoms with Gasteiger partial charge in [-0.2, -0.15) is 0 Å². The summed E-state index contributed by atoms with van der Waals surface area (Å²) in [6.07, 6.45) is 0. The molecule has 0 saturated carbocycles. The van der Waals surface area contributed by atoms with E-state index in [4.69, 9.17) is 0 Å². The van der Waals surface area contributed by atoms with E-state index in [1.807, 2.05) is 0 Å². The lowest BCUT2D eigenvalue weighted by molar-refractivity contribution is -0.385. The van der Waals surface area contributed by atoms with Gasteiger partial charge < -0.3 is 5.32 Å². The van der Waals surface area contributed by atoms with Crippen molar-refractivity contribution >= 4 is 23.0 Å².